The molecule has 0 radical (unpaired) electrons. The molecule has 1 nitrogen and oxygen atoms in total. The van der Waals surface area contributed by atoms with Crippen LogP contribution in [-0.2, 0) is 6.42 Å². The lowest BCUT2D eigenvalue weighted by molar-refractivity contribution is 0.532. The molecule has 1 N–H and O–H groups in total. The smallest absolute Gasteiger partial charge is 0.0438 e. The van der Waals surface area contributed by atoms with E-state index in [-0.39, 0.29) is 0 Å². The molecular weight excluding hydrogens is 354 g/mol. The summed E-state index contributed by atoms with van der Waals surface area (Å²) in [5, 5.41) is 6.60. The molecule has 1 heterocycles. The number of thiophene rings is 1. The van der Waals surface area contributed by atoms with Gasteiger partial charge in [-0.2, -0.15) is 0 Å². The summed E-state index contributed by atoms with van der Waals surface area (Å²) < 4.78 is 1.16. The lowest BCUT2D eigenvalue weighted by atomic mass is 10.0. The zero-order valence-electron chi connectivity index (χ0n) is 11.7. The number of aryl methyl sites for hydroxylation is 1. The highest BCUT2D eigenvalue weighted by molar-refractivity contribution is 9.10. The highest BCUT2D eigenvalue weighted by Crippen LogP contribution is 2.27. The Morgan fingerprint density at radius 1 is 1.35 bits per heavy atom. The summed E-state index contributed by atoms with van der Waals surface area (Å²) in [5.74, 6) is 0. The van der Waals surface area contributed by atoms with E-state index in [9.17, 15) is 0 Å². The molecule has 2 rings (SSSR count). The molecule has 2 aromatic rings. The Morgan fingerprint density at radius 2 is 2.15 bits per heavy atom. The number of hydrogen-bond acceptors (Lipinski definition) is 2. The fourth-order valence-electron chi connectivity index (χ4n) is 2.11. The summed E-state index contributed by atoms with van der Waals surface area (Å²) in [6, 6.07) is 8.88. The van der Waals surface area contributed by atoms with Gasteiger partial charge in [-0.3, -0.25) is 0 Å². The Bertz CT molecular complexity index is 567. The quantitative estimate of drug-likeness (QED) is 0.680. The SMILES string of the molecule is CCCNC(Cc1cc(Br)cs1)c1ccc(C)c(Cl)c1. The van der Waals surface area contributed by atoms with Crippen LogP contribution in [0.1, 0.15) is 35.4 Å². The third kappa shape index (κ3) is 4.32. The van der Waals surface area contributed by atoms with Crippen molar-refractivity contribution in [2.75, 3.05) is 6.54 Å². The van der Waals surface area contributed by atoms with Crippen molar-refractivity contribution < 1.29 is 0 Å². The van der Waals surface area contributed by atoms with Crippen molar-refractivity contribution in [3.8, 4) is 0 Å². The average Bonchev–Trinajstić information content (AvgIpc) is 2.83. The van der Waals surface area contributed by atoms with Crippen LogP contribution in [0.25, 0.3) is 0 Å². The largest absolute Gasteiger partial charge is 0.310 e. The van der Waals surface area contributed by atoms with E-state index in [0.717, 1.165) is 34.4 Å². The molecule has 0 saturated heterocycles. The molecule has 0 saturated carbocycles. The van der Waals surface area contributed by atoms with Crippen LogP contribution in [0.5, 0.6) is 0 Å². The van der Waals surface area contributed by atoms with Gasteiger partial charge in [0.05, 0.1) is 0 Å². The molecule has 1 aromatic heterocycles. The fourth-order valence-corrected chi connectivity index (χ4v) is 3.80. The summed E-state index contributed by atoms with van der Waals surface area (Å²) in [4.78, 5) is 1.38. The lowest BCUT2D eigenvalue weighted by Crippen LogP contribution is -2.23. The molecule has 0 aliphatic heterocycles. The maximum Gasteiger partial charge on any atom is 0.0438 e. The van der Waals surface area contributed by atoms with Crippen LogP contribution in [0.4, 0.5) is 0 Å². The summed E-state index contributed by atoms with van der Waals surface area (Å²) in [7, 11) is 0. The van der Waals surface area contributed by atoms with Crippen molar-refractivity contribution in [3.63, 3.8) is 0 Å². The maximum absolute atomic E-state index is 6.27. The minimum atomic E-state index is 0.318. The second-order valence-corrected chi connectivity index (χ2v) is 7.27. The number of nitrogens with one attached hydrogen (secondary N) is 1. The van der Waals surface area contributed by atoms with Crippen LogP contribution in [0.2, 0.25) is 5.02 Å². The molecule has 1 unspecified atom stereocenters. The van der Waals surface area contributed by atoms with E-state index in [0.29, 0.717) is 6.04 Å². The van der Waals surface area contributed by atoms with E-state index in [1.165, 1.54) is 10.4 Å². The minimum absolute atomic E-state index is 0.318. The lowest BCUT2D eigenvalue weighted by Gasteiger charge is -2.19. The van der Waals surface area contributed by atoms with Gasteiger partial charge < -0.3 is 5.32 Å². The van der Waals surface area contributed by atoms with Gasteiger partial charge in [0.2, 0.25) is 0 Å². The second kappa shape index (κ2) is 7.60. The van der Waals surface area contributed by atoms with Crippen molar-refractivity contribution in [2.24, 2.45) is 0 Å². The van der Waals surface area contributed by atoms with Crippen LogP contribution >= 0.6 is 38.9 Å². The highest BCUT2D eigenvalue weighted by Gasteiger charge is 2.13. The van der Waals surface area contributed by atoms with Gasteiger partial charge in [-0.25, -0.2) is 0 Å². The molecule has 0 spiro atoms. The Morgan fingerprint density at radius 3 is 2.75 bits per heavy atom. The maximum atomic E-state index is 6.27. The molecule has 0 aliphatic rings. The summed E-state index contributed by atoms with van der Waals surface area (Å²) >= 11 is 11.6. The van der Waals surface area contributed by atoms with Crippen molar-refractivity contribution in [3.05, 3.63) is 55.1 Å². The predicted molar refractivity (Wildman–Crippen MR) is 92.9 cm³/mol. The first-order chi connectivity index (χ1) is 9.60. The second-order valence-electron chi connectivity index (χ2n) is 4.95. The van der Waals surface area contributed by atoms with Crippen LogP contribution in [-0.4, -0.2) is 6.54 Å². The third-order valence-corrected chi connectivity index (χ3v) is 5.39. The van der Waals surface area contributed by atoms with Crippen molar-refractivity contribution >= 4 is 38.9 Å². The Balaban J connectivity index is 2.19. The van der Waals surface area contributed by atoms with E-state index >= 15 is 0 Å². The molecule has 0 amide bonds. The number of rotatable bonds is 6. The normalized spacial score (nSPS) is 12.6. The topological polar surface area (TPSA) is 12.0 Å². The molecule has 20 heavy (non-hydrogen) atoms. The van der Waals surface area contributed by atoms with E-state index in [1.807, 2.05) is 6.92 Å². The first-order valence-corrected chi connectivity index (χ1v) is 8.87. The first-order valence-electron chi connectivity index (χ1n) is 6.82. The molecule has 1 aromatic carbocycles. The number of benzene rings is 1. The Hall–Kier alpha value is -0.350. The molecule has 0 fully saturated rings. The van der Waals surface area contributed by atoms with Gasteiger partial charge in [-0.1, -0.05) is 30.7 Å². The molecule has 0 aliphatic carbocycles. The summed E-state index contributed by atoms with van der Waals surface area (Å²) in [5.41, 5.74) is 2.39. The number of halogens is 2. The summed E-state index contributed by atoms with van der Waals surface area (Å²) in [6.45, 7) is 5.24. The first kappa shape index (κ1) is 16.0. The van der Waals surface area contributed by atoms with Gasteiger partial charge in [-0.05, 0) is 59.1 Å². The Kier molecular flexibility index (Phi) is 6.09. The van der Waals surface area contributed by atoms with Gasteiger partial charge in [0.25, 0.3) is 0 Å². The van der Waals surface area contributed by atoms with Crippen LogP contribution in [0, 0.1) is 6.92 Å². The van der Waals surface area contributed by atoms with Gasteiger partial charge >= 0.3 is 0 Å². The molecule has 1 atom stereocenters. The molecular formula is C16H19BrClNS. The van der Waals surface area contributed by atoms with Gasteiger partial charge in [0.1, 0.15) is 0 Å². The minimum Gasteiger partial charge on any atom is -0.310 e. The van der Waals surface area contributed by atoms with Crippen LogP contribution in [0.3, 0.4) is 0 Å². The summed E-state index contributed by atoms with van der Waals surface area (Å²) in [6.07, 6.45) is 2.12. The van der Waals surface area contributed by atoms with E-state index in [2.05, 4.69) is 57.8 Å². The predicted octanol–water partition coefficient (Wildman–Crippen LogP) is 5.76. The zero-order valence-corrected chi connectivity index (χ0v) is 14.9. The molecule has 0 bridgehead atoms. The van der Waals surface area contributed by atoms with Crippen molar-refractivity contribution in [2.45, 2.75) is 32.7 Å². The van der Waals surface area contributed by atoms with Crippen molar-refractivity contribution in [1.82, 2.24) is 5.32 Å². The Labute approximate surface area is 138 Å². The third-order valence-electron chi connectivity index (χ3n) is 3.27. The standard InChI is InChI=1S/C16H19BrClNS/c1-3-6-19-16(9-14-8-13(17)10-20-14)12-5-4-11(2)15(18)7-12/h4-5,7-8,10,16,19H,3,6,9H2,1-2H3. The zero-order chi connectivity index (χ0) is 14.5. The van der Waals surface area contributed by atoms with Gasteiger partial charge in [0, 0.05) is 32.2 Å². The monoisotopic (exact) mass is 371 g/mol. The molecule has 4 heteroatoms. The average molecular weight is 373 g/mol. The van der Waals surface area contributed by atoms with Crippen LogP contribution < -0.4 is 5.32 Å². The van der Waals surface area contributed by atoms with Crippen molar-refractivity contribution in [1.29, 1.82) is 0 Å². The van der Waals surface area contributed by atoms with Gasteiger partial charge in [0.15, 0.2) is 0 Å². The van der Waals surface area contributed by atoms with E-state index in [1.54, 1.807) is 11.3 Å². The van der Waals surface area contributed by atoms with Crippen LogP contribution in [0.15, 0.2) is 34.1 Å². The highest BCUT2D eigenvalue weighted by atomic mass is 79.9. The fraction of sp³-hybridized carbons (Fsp3) is 0.375. The van der Waals surface area contributed by atoms with E-state index < -0.39 is 0 Å². The molecule has 108 valence electrons. The van der Waals surface area contributed by atoms with Gasteiger partial charge in [-0.15, -0.1) is 11.3 Å². The van der Waals surface area contributed by atoms with E-state index in [4.69, 9.17) is 11.6 Å². The number of hydrogen-bond donors (Lipinski definition) is 1.